The van der Waals surface area contributed by atoms with E-state index in [-0.39, 0.29) is 10.8 Å². The molecule has 0 radical (unpaired) electrons. The van der Waals surface area contributed by atoms with Crippen molar-refractivity contribution < 1.29 is 20.6 Å². The quantitative estimate of drug-likeness (QED) is 0.122. The van der Waals surface area contributed by atoms with Crippen LogP contribution in [0.2, 0.25) is 0 Å². The summed E-state index contributed by atoms with van der Waals surface area (Å²) < 4.78 is 11.2. The van der Waals surface area contributed by atoms with Crippen molar-refractivity contribution >= 4 is 94.9 Å². The molecule has 0 N–H and O–H groups in total. The summed E-state index contributed by atoms with van der Waals surface area (Å²) in [4.78, 5) is 0. The molecule has 0 unspecified atom stereocenters. The van der Waals surface area contributed by atoms with Crippen molar-refractivity contribution in [2.24, 2.45) is 0 Å². The summed E-state index contributed by atoms with van der Waals surface area (Å²) in [5.74, 6) is 1.76. The van der Waals surface area contributed by atoms with Gasteiger partial charge in [-0.15, -0.1) is 0 Å². The second-order valence-electron chi connectivity index (χ2n) is 23.5. The fourth-order valence-electron chi connectivity index (χ4n) is 14.1. The number of halogens is 3. The molecule has 421 valence electrons. The first kappa shape index (κ1) is 55.5. The predicted octanol–water partition coefficient (Wildman–Crippen LogP) is 23.7. The van der Waals surface area contributed by atoms with Gasteiger partial charge < -0.3 is 9.47 Å². The Hall–Kier alpha value is -8.37. The van der Waals surface area contributed by atoms with E-state index in [4.69, 9.17) is 39.8 Å². The van der Waals surface area contributed by atoms with Crippen molar-refractivity contribution in [3.05, 3.63) is 277 Å². The molecule has 2 aliphatic rings. The Bertz CT molecular complexity index is 5010. The zero-order chi connectivity index (χ0) is 59.0. The number of benzene rings is 14. The Morgan fingerprint density at radius 1 is 0.244 bits per heavy atom. The topological polar surface area (TPSA) is 18.5 Å². The van der Waals surface area contributed by atoms with Crippen molar-refractivity contribution in [3.63, 3.8) is 0 Å². The molecule has 0 heterocycles. The van der Waals surface area contributed by atoms with Gasteiger partial charge in [-0.1, -0.05) is 222 Å². The minimum atomic E-state index is -1.33. The third-order valence-electron chi connectivity index (χ3n) is 18.3. The summed E-state index contributed by atoms with van der Waals surface area (Å²) in [6.07, 6.45) is 0. The van der Waals surface area contributed by atoms with Gasteiger partial charge in [-0.05, 0) is 214 Å². The normalized spacial score (nSPS) is 13.3. The standard InChI is InChI=1S/C40H28O.C40H32O.3ClH.Fe/c1-40(2)38-21-34-27-13-7-5-11-25(27)24-10-4-6-12-26(24)32(34)19-36(38)37-20-33-29-15-9-8-14-28(29)31-18-23(41-3)16-17-30(31)35(33)22-39(37)40;1-40(2)38-24-29(33-17-11-10-16-32(33)27-12-6-4-7-13-27)18-21-35(38)36-22-19-30(25-39(36)40)34-23-20-31(41-3)26-37(34)28-14-8-5-9-15-28;;;;/h4-22H,1-3H3;4-26H,1-3H3;3*1H;/q;;;;;+3/p-3. The van der Waals surface area contributed by atoms with Gasteiger partial charge in [0.2, 0.25) is 0 Å². The molecule has 0 amide bonds. The van der Waals surface area contributed by atoms with Gasteiger partial charge in [0, 0.05) is 10.8 Å². The van der Waals surface area contributed by atoms with Crippen LogP contribution in [0.5, 0.6) is 11.5 Å². The second kappa shape index (κ2) is 22.2. The van der Waals surface area contributed by atoms with Crippen LogP contribution in [-0.4, -0.2) is 14.2 Å². The van der Waals surface area contributed by atoms with Gasteiger partial charge >= 0.3 is 41.5 Å². The van der Waals surface area contributed by atoms with E-state index < -0.39 is 11.2 Å². The third kappa shape index (κ3) is 9.41. The Labute approximate surface area is 519 Å². The number of methoxy groups -OCH3 is 2. The van der Waals surface area contributed by atoms with Crippen molar-refractivity contribution in [2.75, 3.05) is 14.2 Å². The second-order valence-corrected chi connectivity index (χ2v) is 29.0. The molecule has 0 aromatic heterocycles. The molecule has 16 rings (SSSR count). The van der Waals surface area contributed by atoms with E-state index in [1.54, 1.807) is 14.2 Å². The molecular formula is C80H60Cl3FeO2. The average Bonchev–Trinajstić information content (AvgIpc) is 1.59. The molecule has 0 saturated carbocycles. The monoisotopic (exact) mass is 1210 g/mol. The van der Waals surface area contributed by atoms with Crippen LogP contribution in [0.15, 0.2) is 255 Å². The Balaban J connectivity index is 0.000000143. The fourth-order valence-corrected chi connectivity index (χ4v) is 14.1. The molecule has 0 fully saturated rings. The number of ether oxygens (including phenoxy) is 2. The van der Waals surface area contributed by atoms with Crippen molar-refractivity contribution in [1.29, 1.82) is 0 Å². The Kier molecular flexibility index (Phi) is 14.3. The van der Waals surface area contributed by atoms with E-state index in [0.717, 1.165) is 11.5 Å². The summed E-state index contributed by atoms with van der Waals surface area (Å²) in [6.45, 7) is 9.51. The third-order valence-corrected chi connectivity index (χ3v) is 18.3. The Morgan fingerprint density at radius 3 is 0.988 bits per heavy atom. The van der Waals surface area contributed by atoms with Gasteiger partial charge in [0.05, 0.1) is 14.2 Å². The maximum atomic E-state index is 5.63. The van der Waals surface area contributed by atoms with Crippen LogP contribution >= 0.6 is 30.3 Å². The molecule has 2 nitrogen and oxygen atoms in total. The van der Waals surface area contributed by atoms with Crippen molar-refractivity contribution in [3.8, 4) is 78.3 Å². The van der Waals surface area contributed by atoms with E-state index in [0.29, 0.717) is 0 Å². The molecule has 0 spiro atoms. The molecule has 0 saturated heterocycles. The van der Waals surface area contributed by atoms with E-state index in [1.807, 2.05) is 0 Å². The van der Waals surface area contributed by atoms with E-state index in [2.05, 4.69) is 282 Å². The zero-order valence-electron chi connectivity index (χ0n) is 48.6. The van der Waals surface area contributed by atoms with Crippen LogP contribution < -0.4 is 9.47 Å². The molecule has 14 aromatic carbocycles. The van der Waals surface area contributed by atoms with Crippen molar-refractivity contribution in [2.45, 2.75) is 38.5 Å². The zero-order valence-corrected chi connectivity index (χ0v) is 51.9. The number of hydrogen-bond donors (Lipinski definition) is 0. The van der Waals surface area contributed by atoms with Crippen LogP contribution in [0.4, 0.5) is 0 Å². The molecule has 2 aliphatic carbocycles. The van der Waals surface area contributed by atoms with Gasteiger partial charge in [-0.2, -0.15) is 0 Å². The summed E-state index contributed by atoms with van der Waals surface area (Å²) >= 11 is -1.33. The van der Waals surface area contributed by atoms with Crippen LogP contribution in [-0.2, 0) is 22.0 Å². The molecule has 0 bridgehead atoms. The molecule has 0 atom stereocenters. The average molecular weight is 1220 g/mol. The summed E-state index contributed by atoms with van der Waals surface area (Å²) in [7, 11) is 18.1. The van der Waals surface area contributed by atoms with Crippen LogP contribution in [0, 0.1) is 0 Å². The molecule has 0 aliphatic heterocycles. The van der Waals surface area contributed by atoms with E-state index >= 15 is 0 Å². The van der Waals surface area contributed by atoms with Gasteiger partial charge in [0.15, 0.2) is 0 Å². The molecular weight excluding hydrogens is 1160 g/mol. The number of rotatable bonds is 6. The number of fused-ring (bicyclic) bond motifs is 18. The first-order chi connectivity index (χ1) is 41.8. The summed E-state index contributed by atoms with van der Waals surface area (Å²) in [5.41, 5.74) is 20.5. The SMILES string of the molecule is COc1ccc(-c2ccc3c(c2)C(C)(C)c2cc(-c4ccccc4-c4ccccc4)ccc2-3)c(-c2ccccc2)c1.COc1ccc2c(c1)c1ccccc1c1cc3c(cc21)C(C)(C)c1cc2c4ccccc4c4ccccc4c2cc1-3.[Cl][Fe]([Cl])[Cl]. The van der Waals surface area contributed by atoms with E-state index in [9.17, 15) is 0 Å². The molecule has 6 heteroatoms. The minimum absolute atomic E-state index is 0.121. The fraction of sp³-hybridized carbons (Fsp3) is 0.100. The van der Waals surface area contributed by atoms with Gasteiger partial charge in [0.1, 0.15) is 11.5 Å². The van der Waals surface area contributed by atoms with E-state index in [1.165, 1.54) is 154 Å². The Morgan fingerprint density at radius 2 is 0.547 bits per heavy atom. The van der Waals surface area contributed by atoms with Gasteiger partial charge in [-0.25, -0.2) is 0 Å². The first-order valence-electron chi connectivity index (χ1n) is 29.0. The van der Waals surface area contributed by atoms with Crippen LogP contribution in [0.25, 0.3) is 131 Å². The molecule has 14 aromatic rings. The molecule has 86 heavy (non-hydrogen) atoms. The maximum absolute atomic E-state index is 5.63. The summed E-state index contributed by atoms with van der Waals surface area (Å²) in [5, 5.41) is 15.6. The van der Waals surface area contributed by atoms with Gasteiger partial charge in [0.25, 0.3) is 0 Å². The number of hydrogen-bond acceptors (Lipinski definition) is 2. The predicted molar refractivity (Wildman–Crippen MR) is 365 cm³/mol. The van der Waals surface area contributed by atoms with Gasteiger partial charge in [-0.3, -0.25) is 0 Å². The van der Waals surface area contributed by atoms with Crippen LogP contribution in [0.3, 0.4) is 0 Å². The first-order valence-corrected chi connectivity index (χ1v) is 33.6. The van der Waals surface area contributed by atoms with Crippen LogP contribution in [0.1, 0.15) is 49.9 Å². The summed E-state index contributed by atoms with van der Waals surface area (Å²) in [6, 6.07) is 93.4. The van der Waals surface area contributed by atoms with Crippen molar-refractivity contribution in [1.82, 2.24) is 0 Å².